The van der Waals surface area contributed by atoms with Gasteiger partial charge in [-0.05, 0) is 58.0 Å². The predicted octanol–water partition coefficient (Wildman–Crippen LogP) is 5.97. The van der Waals surface area contributed by atoms with Gasteiger partial charge in [-0.3, -0.25) is 0 Å². The second kappa shape index (κ2) is 5.66. The predicted molar refractivity (Wildman–Crippen MR) is 89.2 cm³/mol. The van der Waals surface area contributed by atoms with Gasteiger partial charge >= 0.3 is 0 Å². The van der Waals surface area contributed by atoms with Crippen molar-refractivity contribution < 1.29 is 0 Å². The summed E-state index contributed by atoms with van der Waals surface area (Å²) < 4.78 is 0. The Labute approximate surface area is 121 Å². The van der Waals surface area contributed by atoms with E-state index in [9.17, 15) is 0 Å². The lowest BCUT2D eigenvalue weighted by Crippen LogP contribution is -1.91. The summed E-state index contributed by atoms with van der Waals surface area (Å²) in [5, 5.41) is 5.37. The van der Waals surface area contributed by atoms with Crippen molar-refractivity contribution in [3.63, 3.8) is 0 Å². The topological polar surface area (TPSA) is 0 Å². The first-order valence-electron chi connectivity index (χ1n) is 7.64. The number of hydrogen-bond acceptors (Lipinski definition) is 0. The van der Waals surface area contributed by atoms with Crippen molar-refractivity contribution in [3.8, 4) is 0 Å². The monoisotopic (exact) mass is 262 g/mol. The van der Waals surface area contributed by atoms with E-state index in [-0.39, 0.29) is 0 Å². The van der Waals surface area contributed by atoms with Crippen LogP contribution in [0.15, 0.2) is 54.6 Å². The summed E-state index contributed by atoms with van der Waals surface area (Å²) in [5.74, 6) is 0.805. The standard InChI is InChI=1S/C20H22/c1-15(2)6-5-7-16-10-11-19-13-17-8-3-4-9-18(17)14-20(19)12-16/h3-4,8-15H,5-7H2,1-2H3. The minimum absolute atomic E-state index is 0.805. The largest absolute Gasteiger partial charge is 0.0628 e. The highest BCUT2D eigenvalue weighted by Gasteiger charge is 2.01. The summed E-state index contributed by atoms with van der Waals surface area (Å²) in [6.07, 6.45) is 3.80. The van der Waals surface area contributed by atoms with Crippen molar-refractivity contribution in [2.45, 2.75) is 33.1 Å². The van der Waals surface area contributed by atoms with Crippen molar-refractivity contribution in [2.75, 3.05) is 0 Å². The maximum absolute atomic E-state index is 2.36. The highest BCUT2D eigenvalue weighted by atomic mass is 14.1. The molecular weight excluding hydrogens is 240 g/mol. The molecule has 0 atom stereocenters. The Morgan fingerprint density at radius 2 is 1.40 bits per heavy atom. The van der Waals surface area contributed by atoms with Gasteiger partial charge in [0.25, 0.3) is 0 Å². The number of fused-ring (bicyclic) bond motifs is 2. The third-order valence-corrected chi connectivity index (χ3v) is 4.02. The maximum Gasteiger partial charge on any atom is -0.0175 e. The van der Waals surface area contributed by atoms with Crippen LogP contribution in [0.25, 0.3) is 21.5 Å². The van der Waals surface area contributed by atoms with Crippen molar-refractivity contribution in [3.05, 3.63) is 60.2 Å². The van der Waals surface area contributed by atoms with E-state index in [1.165, 1.54) is 46.4 Å². The van der Waals surface area contributed by atoms with Crippen LogP contribution in [0.3, 0.4) is 0 Å². The first-order chi connectivity index (χ1) is 9.72. The van der Waals surface area contributed by atoms with E-state index in [2.05, 4.69) is 68.4 Å². The first kappa shape index (κ1) is 13.2. The number of rotatable bonds is 4. The number of hydrogen-bond donors (Lipinski definition) is 0. The zero-order valence-electron chi connectivity index (χ0n) is 12.4. The Balaban J connectivity index is 1.91. The molecule has 0 aliphatic carbocycles. The van der Waals surface area contributed by atoms with Crippen molar-refractivity contribution in [1.82, 2.24) is 0 Å². The first-order valence-corrected chi connectivity index (χ1v) is 7.64. The van der Waals surface area contributed by atoms with Crippen LogP contribution in [0, 0.1) is 5.92 Å². The van der Waals surface area contributed by atoms with Crippen LogP contribution < -0.4 is 0 Å². The lowest BCUT2D eigenvalue weighted by Gasteiger charge is -2.07. The zero-order chi connectivity index (χ0) is 13.9. The van der Waals surface area contributed by atoms with Crippen LogP contribution in [0.5, 0.6) is 0 Å². The third-order valence-electron chi connectivity index (χ3n) is 4.02. The average molecular weight is 262 g/mol. The van der Waals surface area contributed by atoms with Gasteiger partial charge in [-0.2, -0.15) is 0 Å². The zero-order valence-corrected chi connectivity index (χ0v) is 12.4. The van der Waals surface area contributed by atoms with E-state index < -0.39 is 0 Å². The molecule has 0 heterocycles. The summed E-state index contributed by atoms with van der Waals surface area (Å²) >= 11 is 0. The Morgan fingerprint density at radius 1 is 0.750 bits per heavy atom. The number of benzene rings is 3. The Bertz CT molecular complexity index is 722. The smallest absolute Gasteiger partial charge is 0.0175 e. The van der Waals surface area contributed by atoms with E-state index >= 15 is 0 Å². The molecular formula is C20H22. The fourth-order valence-corrected chi connectivity index (χ4v) is 2.86. The van der Waals surface area contributed by atoms with E-state index in [0.717, 1.165) is 5.92 Å². The van der Waals surface area contributed by atoms with Crippen LogP contribution in [0.2, 0.25) is 0 Å². The normalized spacial score (nSPS) is 11.6. The summed E-state index contributed by atoms with van der Waals surface area (Å²) in [4.78, 5) is 0. The highest BCUT2D eigenvalue weighted by molar-refractivity contribution is 5.98. The SMILES string of the molecule is CC(C)CCCc1ccc2cc3ccccc3cc2c1. The molecule has 0 aliphatic rings. The second-order valence-corrected chi connectivity index (χ2v) is 6.17. The fourth-order valence-electron chi connectivity index (χ4n) is 2.86. The van der Waals surface area contributed by atoms with Crippen LogP contribution in [-0.2, 0) is 6.42 Å². The van der Waals surface area contributed by atoms with Crippen molar-refractivity contribution in [2.24, 2.45) is 5.92 Å². The van der Waals surface area contributed by atoms with Gasteiger partial charge in [0.15, 0.2) is 0 Å². The lowest BCUT2D eigenvalue weighted by atomic mass is 9.98. The molecule has 0 saturated heterocycles. The van der Waals surface area contributed by atoms with Gasteiger partial charge in [0, 0.05) is 0 Å². The second-order valence-electron chi connectivity index (χ2n) is 6.17. The van der Waals surface area contributed by atoms with Crippen molar-refractivity contribution >= 4 is 21.5 Å². The summed E-state index contributed by atoms with van der Waals surface area (Å²) in [7, 11) is 0. The molecule has 0 nitrogen and oxygen atoms in total. The highest BCUT2D eigenvalue weighted by Crippen LogP contribution is 2.24. The summed E-state index contributed by atoms with van der Waals surface area (Å²) in [6.45, 7) is 4.60. The summed E-state index contributed by atoms with van der Waals surface area (Å²) in [6, 6.07) is 20.1. The molecule has 0 N–H and O–H groups in total. The molecule has 0 aromatic heterocycles. The van der Waals surface area contributed by atoms with Gasteiger partial charge in [0.05, 0.1) is 0 Å². The molecule has 20 heavy (non-hydrogen) atoms. The molecule has 0 unspecified atom stereocenters. The van der Waals surface area contributed by atoms with E-state index in [4.69, 9.17) is 0 Å². The molecule has 0 aliphatic heterocycles. The molecule has 0 heteroatoms. The fraction of sp³-hybridized carbons (Fsp3) is 0.300. The van der Waals surface area contributed by atoms with Gasteiger partial charge in [0.2, 0.25) is 0 Å². The van der Waals surface area contributed by atoms with Crippen LogP contribution in [0.4, 0.5) is 0 Å². The molecule has 3 aromatic rings. The van der Waals surface area contributed by atoms with Gasteiger partial charge < -0.3 is 0 Å². The van der Waals surface area contributed by atoms with Gasteiger partial charge in [0.1, 0.15) is 0 Å². The van der Waals surface area contributed by atoms with E-state index in [1.54, 1.807) is 0 Å². The van der Waals surface area contributed by atoms with Gasteiger partial charge in [-0.1, -0.05) is 62.7 Å². The van der Waals surface area contributed by atoms with Crippen LogP contribution in [0.1, 0.15) is 32.3 Å². The Kier molecular flexibility index (Phi) is 3.73. The van der Waals surface area contributed by atoms with Crippen LogP contribution in [-0.4, -0.2) is 0 Å². The van der Waals surface area contributed by atoms with Crippen LogP contribution >= 0.6 is 0 Å². The number of aryl methyl sites for hydroxylation is 1. The molecule has 0 saturated carbocycles. The molecule has 3 aromatic carbocycles. The molecule has 0 spiro atoms. The average Bonchev–Trinajstić information content (AvgIpc) is 2.44. The molecule has 102 valence electrons. The lowest BCUT2D eigenvalue weighted by molar-refractivity contribution is 0.556. The Morgan fingerprint density at radius 3 is 2.10 bits per heavy atom. The molecule has 0 fully saturated rings. The van der Waals surface area contributed by atoms with E-state index in [1.807, 2.05) is 0 Å². The molecule has 0 radical (unpaired) electrons. The van der Waals surface area contributed by atoms with E-state index in [0.29, 0.717) is 0 Å². The minimum Gasteiger partial charge on any atom is -0.0628 e. The molecule has 0 bridgehead atoms. The summed E-state index contributed by atoms with van der Waals surface area (Å²) in [5.41, 5.74) is 1.47. The third kappa shape index (κ3) is 2.85. The Hall–Kier alpha value is -1.82. The quantitative estimate of drug-likeness (QED) is 0.508. The molecule has 0 amide bonds. The van der Waals surface area contributed by atoms with Gasteiger partial charge in [-0.25, -0.2) is 0 Å². The minimum atomic E-state index is 0.805. The van der Waals surface area contributed by atoms with Crippen molar-refractivity contribution in [1.29, 1.82) is 0 Å². The van der Waals surface area contributed by atoms with Gasteiger partial charge in [-0.15, -0.1) is 0 Å². The molecule has 3 rings (SSSR count). The maximum atomic E-state index is 2.36.